The number of carbonyl (C=O) groups is 2. The van der Waals surface area contributed by atoms with Crippen molar-refractivity contribution >= 4 is 12.0 Å². The summed E-state index contributed by atoms with van der Waals surface area (Å²) in [5.41, 5.74) is 0. The second kappa shape index (κ2) is 7.66. The Kier molecular flexibility index (Phi) is 5.88. The predicted molar refractivity (Wildman–Crippen MR) is 81.1 cm³/mol. The first-order valence-electron chi connectivity index (χ1n) is 8.35. The molecule has 0 aromatic rings. The molecule has 2 aliphatic rings. The van der Waals surface area contributed by atoms with Crippen molar-refractivity contribution in [3.8, 4) is 0 Å². The SMILES string of the molecule is CC1CCCCCN1C(=O)NCC1CCC(C(=O)O)CC1. The van der Waals surface area contributed by atoms with Gasteiger partial charge in [0, 0.05) is 19.1 Å². The number of carbonyl (C=O) groups excluding carboxylic acids is 1. The molecule has 1 aliphatic heterocycles. The van der Waals surface area contributed by atoms with Crippen LogP contribution >= 0.6 is 0 Å². The van der Waals surface area contributed by atoms with Gasteiger partial charge in [-0.1, -0.05) is 12.8 Å². The fourth-order valence-corrected chi connectivity index (χ4v) is 3.52. The van der Waals surface area contributed by atoms with Gasteiger partial charge in [-0.3, -0.25) is 4.79 Å². The number of urea groups is 1. The van der Waals surface area contributed by atoms with Crippen LogP contribution in [-0.2, 0) is 4.79 Å². The summed E-state index contributed by atoms with van der Waals surface area (Å²) < 4.78 is 0. The van der Waals surface area contributed by atoms with E-state index in [1.807, 2.05) is 4.90 Å². The molecule has 2 rings (SSSR count). The lowest BCUT2D eigenvalue weighted by Crippen LogP contribution is -2.46. The molecular formula is C16H28N2O3. The van der Waals surface area contributed by atoms with E-state index in [1.165, 1.54) is 12.8 Å². The maximum atomic E-state index is 12.3. The Balaban J connectivity index is 1.72. The second-order valence-corrected chi connectivity index (χ2v) is 6.63. The van der Waals surface area contributed by atoms with Crippen LogP contribution in [0.15, 0.2) is 0 Å². The summed E-state index contributed by atoms with van der Waals surface area (Å²) in [4.78, 5) is 25.2. The number of aliphatic carboxylic acids is 1. The largest absolute Gasteiger partial charge is 0.481 e. The molecule has 1 unspecified atom stereocenters. The summed E-state index contributed by atoms with van der Waals surface area (Å²) in [6.07, 6.45) is 7.93. The summed E-state index contributed by atoms with van der Waals surface area (Å²) in [6.45, 7) is 3.68. The van der Waals surface area contributed by atoms with Crippen LogP contribution in [0, 0.1) is 11.8 Å². The van der Waals surface area contributed by atoms with E-state index in [1.54, 1.807) is 0 Å². The van der Waals surface area contributed by atoms with Gasteiger partial charge in [-0.25, -0.2) is 4.79 Å². The van der Waals surface area contributed by atoms with Crippen molar-refractivity contribution in [1.82, 2.24) is 10.2 Å². The van der Waals surface area contributed by atoms with Gasteiger partial charge < -0.3 is 15.3 Å². The zero-order valence-electron chi connectivity index (χ0n) is 13.0. The van der Waals surface area contributed by atoms with E-state index in [-0.39, 0.29) is 11.9 Å². The molecule has 1 atom stereocenters. The molecule has 5 heteroatoms. The minimum atomic E-state index is -0.670. The van der Waals surface area contributed by atoms with E-state index in [0.29, 0.717) is 18.5 Å². The fraction of sp³-hybridized carbons (Fsp3) is 0.875. The molecule has 1 heterocycles. The summed E-state index contributed by atoms with van der Waals surface area (Å²) in [7, 11) is 0. The molecule has 120 valence electrons. The summed E-state index contributed by atoms with van der Waals surface area (Å²) in [5, 5.41) is 12.1. The van der Waals surface area contributed by atoms with Crippen LogP contribution in [0.4, 0.5) is 4.79 Å². The van der Waals surface area contributed by atoms with Crippen molar-refractivity contribution in [3.63, 3.8) is 0 Å². The van der Waals surface area contributed by atoms with E-state index in [2.05, 4.69) is 12.2 Å². The van der Waals surface area contributed by atoms with Crippen LogP contribution in [0.3, 0.4) is 0 Å². The number of carboxylic acid groups (broad SMARTS) is 1. The van der Waals surface area contributed by atoms with Crippen LogP contribution in [-0.4, -0.2) is 41.1 Å². The summed E-state index contributed by atoms with van der Waals surface area (Å²) in [6, 6.07) is 0.389. The Labute approximate surface area is 127 Å². The van der Waals surface area contributed by atoms with Gasteiger partial charge in [-0.15, -0.1) is 0 Å². The molecule has 2 N–H and O–H groups in total. The lowest BCUT2D eigenvalue weighted by molar-refractivity contribution is -0.143. The van der Waals surface area contributed by atoms with Crippen LogP contribution < -0.4 is 5.32 Å². The molecule has 0 bridgehead atoms. The number of likely N-dealkylation sites (tertiary alicyclic amines) is 1. The van der Waals surface area contributed by atoms with Gasteiger partial charge in [-0.05, 0) is 51.4 Å². The molecule has 1 saturated carbocycles. The fourth-order valence-electron chi connectivity index (χ4n) is 3.52. The van der Waals surface area contributed by atoms with Gasteiger partial charge in [0.1, 0.15) is 0 Å². The first kappa shape index (κ1) is 16.1. The Morgan fingerprint density at radius 1 is 1.10 bits per heavy atom. The molecule has 5 nitrogen and oxygen atoms in total. The van der Waals surface area contributed by atoms with Gasteiger partial charge in [0.05, 0.1) is 5.92 Å². The van der Waals surface area contributed by atoms with E-state index in [0.717, 1.165) is 45.1 Å². The third-order valence-corrected chi connectivity index (χ3v) is 5.05. The number of amides is 2. The molecular weight excluding hydrogens is 268 g/mol. The van der Waals surface area contributed by atoms with Gasteiger partial charge in [0.2, 0.25) is 0 Å². The molecule has 0 aromatic heterocycles. The summed E-state index contributed by atoms with van der Waals surface area (Å²) in [5.74, 6) is -0.412. The van der Waals surface area contributed by atoms with Gasteiger partial charge in [0.15, 0.2) is 0 Å². The Morgan fingerprint density at radius 2 is 1.81 bits per heavy atom. The number of rotatable bonds is 3. The van der Waals surface area contributed by atoms with E-state index >= 15 is 0 Å². The smallest absolute Gasteiger partial charge is 0.317 e. The highest BCUT2D eigenvalue weighted by Gasteiger charge is 2.27. The predicted octanol–water partition coefficient (Wildman–Crippen LogP) is 2.85. The maximum Gasteiger partial charge on any atom is 0.317 e. The molecule has 1 saturated heterocycles. The van der Waals surface area contributed by atoms with Gasteiger partial charge >= 0.3 is 12.0 Å². The zero-order chi connectivity index (χ0) is 15.2. The normalized spacial score (nSPS) is 30.5. The molecule has 2 amide bonds. The van der Waals surface area contributed by atoms with Crippen LogP contribution in [0.25, 0.3) is 0 Å². The van der Waals surface area contributed by atoms with E-state index in [9.17, 15) is 9.59 Å². The number of hydrogen-bond donors (Lipinski definition) is 2. The van der Waals surface area contributed by atoms with Gasteiger partial charge in [0.25, 0.3) is 0 Å². The molecule has 21 heavy (non-hydrogen) atoms. The highest BCUT2D eigenvalue weighted by Crippen LogP contribution is 2.28. The Morgan fingerprint density at radius 3 is 2.48 bits per heavy atom. The van der Waals surface area contributed by atoms with Crippen LogP contribution in [0.5, 0.6) is 0 Å². The average molecular weight is 296 g/mol. The average Bonchev–Trinajstić information content (AvgIpc) is 2.70. The van der Waals surface area contributed by atoms with Crippen molar-refractivity contribution in [2.24, 2.45) is 11.8 Å². The number of carboxylic acids is 1. The maximum absolute atomic E-state index is 12.3. The molecule has 0 aromatic carbocycles. The molecule has 0 radical (unpaired) electrons. The summed E-state index contributed by atoms with van der Waals surface area (Å²) >= 11 is 0. The minimum absolute atomic E-state index is 0.0600. The van der Waals surface area contributed by atoms with Gasteiger partial charge in [-0.2, -0.15) is 0 Å². The first-order valence-corrected chi connectivity index (χ1v) is 8.35. The minimum Gasteiger partial charge on any atom is -0.481 e. The Hall–Kier alpha value is -1.26. The first-order chi connectivity index (χ1) is 10.1. The number of nitrogens with zero attached hydrogens (tertiary/aromatic N) is 1. The number of hydrogen-bond acceptors (Lipinski definition) is 2. The van der Waals surface area contributed by atoms with E-state index in [4.69, 9.17) is 5.11 Å². The van der Waals surface area contributed by atoms with E-state index < -0.39 is 5.97 Å². The topological polar surface area (TPSA) is 69.6 Å². The third kappa shape index (κ3) is 4.61. The van der Waals surface area contributed by atoms with Crippen molar-refractivity contribution in [2.45, 2.75) is 64.3 Å². The third-order valence-electron chi connectivity index (χ3n) is 5.05. The van der Waals surface area contributed by atoms with Crippen molar-refractivity contribution < 1.29 is 14.7 Å². The quantitative estimate of drug-likeness (QED) is 0.841. The molecule has 0 spiro atoms. The molecule has 1 aliphatic carbocycles. The highest BCUT2D eigenvalue weighted by atomic mass is 16.4. The highest BCUT2D eigenvalue weighted by molar-refractivity contribution is 5.74. The van der Waals surface area contributed by atoms with Crippen molar-refractivity contribution in [3.05, 3.63) is 0 Å². The standard InChI is InChI=1S/C16H28N2O3/c1-12-5-3-2-4-10-18(12)16(21)17-11-13-6-8-14(9-7-13)15(19)20/h12-14H,2-11H2,1H3,(H,17,21)(H,19,20). The van der Waals surface area contributed by atoms with Crippen LogP contribution in [0.1, 0.15) is 58.3 Å². The Bertz CT molecular complexity index is 365. The van der Waals surface area contributed by atoms with Crippen LogP contribution in [0.2, 0.25) is 0 Å². The zero-order valence-corrected chi connectivity index (χ0v) is 13.0. The second-order valence-electron chi connectivity index (χ2n) is 6.63. The lowest BCUT2D eigenvalue weighted by atomic mass is 9.82. The number of nitrogens with one attached hydrogen (secondary N) is 1. The van der Waals surface area contributed by atoms with Crippen molar-refractivity contribution in [1.29, 1.82) is 0 Å². The monoisotopic (exact) mass is 296 g/mol. The lowest BCUT2D eigenvalue weighted by Gasteiger charge is -2.30. The molecule has 2 fully saturated rings. The van der Waals surface area contributed by atoms with Crippen molar-refractivity contribution in [2.75, 3.05) is 13.1 Å².